The molecule has 0 aliphatic rings. The van der Waals surface area contributed by atoms with E-state index in [-0.39, 0.29) is 0 Å². The van der Waals surface area contributed by atoms with Crippen molar-refractivity contribution in [3.05, 3.63) is 52.4 Å². The van der Waals surface area contributed by atoms with Crippen molar-refractivity contribution < 1.29 is 13.9 Å². The Kier molecular flexibility index (Phi) is 4.12. The predicted molar refractivity (Wildman–Crippen MR) is 73.6 cm³/mol. The van der Waals surface area contributed by atoms with Crippen molar-refractivity contribution in [1.29, 1.82) is 0 Å². The zero-order valence-corrected chi connectivity index (χ0v) is 11.5. The van der Waals surface area contributed by atoms with E-state index in [1.807, 2.05) is 18.2 Å². The van der Waals surface area contributed by atoms with E-state index < -0.39 is 5.97 Å². The SMILES string of the molecule is COC(=O)c1cc(CNc2ccccc2Cl)oc1C. The van der Waals surface area contributed by atoms with Crippen LogP contribution >= 0.6 is 11.6 Å². The molecule has 0 unspecified atom stereocenters. The summed E-state index contributed by atoms with van der Waals surface area (Å²) in [5.74, 6) is 0.797. The molecule has 0 spiro atoms. The fourth-order valence-corrected chi connectivity index (χ4v) is 1.93. The summed E-state index contributed by atoms with van der Waals surface area (Å²) in [4.78, 5) is 11.5. The molecule has 0 saturated carbocycles. The smallest absolute Gasteiger partial charge is 0.341 e. The molecule has 100 valence electrons. The molecule has 0 aliphatic heterocycles. The van der Waals surface area contributed by atoms with Crippen LogP contribution in [0.4, 0.5) is 5.69 Å². The number of carbonyl (C=O) groups is 1. The van der Waals surface area contributed by atoms with Gasteiger partial charge in [0, 0.05) is 0 Å². The van der Waals surface area contributed by atoms with E-state index in [9.17, 15) is 4.79 Å². The normalized spacial score (nSPS) is 10.3. The van der Waals surface area contributed by atoms with Crippen LogP contribution in [0.25, 0.3) is 0 Å². The minimum absolute atomic E-state index is 0.398. The van der Waals surface area contributed by atoms with Crippen LogP contribution in [0.1, 0.15) is 21.9 Å². The second-order valence-corrected chi connectivity index (χ2v) is 4.41. The van der Waals surface area contributed by atoms with Crippen LogP contribution in [0.15, 0.2) is 34.7 Å². The van der Waals surface area contributed by atoms with Crippen LogP contribution in [0.2, 0.25) is 5.02 Å². The second-order valence-electron chi connectivity index (χ2n) is 4.01. The van der Waals surface area contributed by atoms with E-state index in [2.05, 4.69) is 10.1 Å². The summed E-state index contributed by atoms with van der Waals surface area (Å²) in [5.41, 5.74) is 1.26. The highest BCUT2D eigenvalue weighted by molar-refractivity contribution is 6.33. The highest BCUT2D eigenvalue weighted by Crippen LogP contribution is 2.22. The summed E-state index contributed by atoms with van der Waals surface area (Å²) in [6, 6.07) is 9.10. The van der Waals surface area contributed by atoms with Gasteiger partial charge in [0.1, 0.15) is 17.1 Å². The van der Waals surface area contributed by atoms with Crippen LogP contribution in [0.5, 0.6) is 0 Å². The zero-order valence-electron chi connectivity index (χ0n) is 10.7. The number of carbonyl (C=O) groups excluding carboxylic acids is 1. The molecule has 4 nitrogen and oxygen atoms in total. The molecule has 1 heterocycles. The first kappa shape index (κ1) is 13.5. The van der Waals surface area contributed by atoms with E-state index in [1.54, 1.807) is 19.1 Å². The Morgan fingerprint density at radius 3 is 2.84 bits per heavy atom. The summed E-state index contributed by atoms with van der Waals surface area (Å²) in [6.07, 6.45) is 0. The molecule has 1 aromatic heterocycles. The van der Waals surface area contributed by atoms with Crippen molar-refractivity contribution >= 4 is 23.3 Å². The van der Waals surface area contributed by atoms with Gasteiger partial charge in [-0.05, 0) is 25.1 Å². The Labute approximate surface area is 116 Å². The number of para-hydroxylation sites is 1. The number of rotatable bonds is 4. The fraction of sp³-hybridized carbons (Fsp3) is 0.214. The van der Waals surface area contributed by atoms with Crippen molar-refractivity contribution in [2.75, 3.05) is 12.4 Å². The molecule has 0 radical (unpaired) electrons. The lowest BCUT2D eigenvalue weighted by Gasteiger charge is -2.05. The van der Waals surface area contributed by atoms with E-state index in [4.69, 9.17) is 16.0 Å². The van der Waals surface area contributed by atoms with Gasteiger partial charge in [0.25, 0.3) is 0 Å². The number of anilines is 1. The standard InChI is InChI=1S/C14H14ClNO3/c1-9-11(14(17)18-2)7-10(19-9)8-16-13-6-4-3-5-12(13)15/h3-7,16H,8H2,1-2H3. The third kappa shape index (κ3) is 3.09. The fourth-order valence-electron chi connectivity index (χ4n) is 1.73. The lowest BCUT2D eigenvalue weighted by atomic mass is 10.2. The van der Waals surface area contributed by atoms with Crippen molar-refractivity contribution in [3.63, 3.8) is 0 Å². The Bertz CT molecular complexity index is 592. The zero-order chi connectivity index (χ0) is 13.8. The third-order valence-corrected chi connectivity index (χ3v) is 3.03. The van der Waals surface area contributed by atoms with Gasteiger partial charge in [0.05, 0.1) is 24.4 Å². The summed E-state index contributed by atoms with van der Waals surface area (Å²) in [5, 5.41) is 3.79. The molecule has 0 aliphatic carbocycles. The molecule has 0 amide bonds. The number of methoxy groups -OCH3 is 1. The minimum atomic E-state index is -0.398. The molecule has 2 rings (SSSR count). The maximum Gasteiger partial charge on any atom is 0.341 e. The Morgan fingerprint density at radius 1 is 1.42 bits per heavy atom. The number of furan rings is 1. The number of benzene rings is 1. The first-order valence-electron chi connectivity index (χ1n) is 5.78. The van der Waals surface area contributed by atoms with Crippen LogP contribution < -0.4 is 5.32 Å². The van der Waals surface area contributed by atoms with Gasteiger partial charge < -0.3 is 14.5 Å². The average Bonchev–Trinajstić information content (AvgIpc) is 2.78. The molecule has 0 atom stereocenters. The molecule has 0 saturated heterocycles. The minimum Gasteiger partial charge on any atom is -0.465 e. The van der Waals surface area contributed by atoms with Crippen LogP contribution in [0.3, 0.4) is 0 Å². The van der Waals surface area contributed by atoms with Gasteiger partial charge in [-0.25, -0.2) is 4.79 Å². The first-order chi connectivity index (χ1) is 9.11. The Balaban J connectivity index is 2.09. The van der Waals surface area contributed by atoms with Gasteiger partial charge in [-0.2, -0.15) is 0 Å². The van der Waals surface area contributed by atoms with Crippen LogP contribution in [0, 0.1) is 6.92 Å². The predicted octanol–water partition coefficient (Wildman–Crippen LogP) is 3.64. The van der Waals surface area contributed by atoms with Gasteiger partial charge in [0.2, 0.25) is 0 Å². The topological polar surface area (TPSA) is 51.5 Å². The molecule has 1 aromatic carbocycles. The number of esters is 1. The van der Waals surface area contributed by atoms with Gasteiger partial charge in [-0.15, -0.1) is 0 Å². The Morgan fingerprint density at radius 2 is 2.16 bits per heavy atom. The molecular weight excluding hydrogens is 266 g/mol. The van der Waals surface area contributed by atoms with E-state index >= 15 is 0 Å². The maximum atomic E-state index is 11.5. The average molecular weight is 280 g/mol. The molecule has 2 aromatic rings. The first-order valence-corrected chi connectivity index (χ1v) is 6.15. The van der Waals surface area contributed by atoms with Crippen LogP contribution in [-0.2, 0) is 11.3 Å². The lowest BCUT2D eigenvalue weighted by Crippen LogP contribution is -2.01. The van der Waals surface area contributed by atoms with E-state index in [0.29, 0.717) is 28.7 Å². The molecule has 5 heteroatoms. The van der Waals surface area contributed by atoms with Crippen molar-refractivity contribution in [2.24, 2.45) is 0 Å². The summed E-state index contributed by atoms with van der Waals surface area (Å²) in [7, 11) is 1.34. The Hall–Kier alpha value is -1.94. The van der Waals surface area contributed by atoms with E-state index in [1.165, 1.54) is 7.11 Å². The number of hydrogen-bond acceptors (Lipinski definition) is 4. The monoisotopic (exact) mass is 279 g/mol. The van der Waals surface area contributed by atoms with Crippen molar-refractivity contribution in [1.82, 2.24) is 0 Å². The van der Waals surface area contributed by atoms with Crippen LogP contribution in [-0.4, -0.2) is 13.1 Å². The van der Waals surface area contributed by atoms with Crippen molar-refractivity contribution in [2.45, 2.75) is 13.5 Å². The molecule has 0 bridgehead atoms. The van der Waals surface area contributed by atoms with Gasteiger partial charge in [-0.1, -0.05) is 23.7 Å². The van der Waals surface area contributed by atoms with E-state index in [0.717, 1.165) is 5.69 Å². The number of hydrogen-bond donors (Lipinski definition) is 1. The maximum absolute atomic E-state index is 11.5. The number of halogens is 1. The number of ether oxygens (including phenoxy) is 1. The van der Waals surface area contributed by atoms with Crippen molar-refractivity contribution in [3.8, 4) is 0 Å². The molecule has 1 N–H and O–H groups in total. The summed E-state index contributed by atoms with van der Waals surface area (Å²) >= 11 is 6.03. The molecule has 0 fully saturated rings. The lowest BCUT2D eigenvalue weighted by molar-refractivity contribution is 0.0599. The second kappa shape index (κ2) is 5.80. The summed E-state index contributed by atoms with van der Waals surface area (Å²) < 4.78 is 10.2. The number of nitrogens with one attached hydrogen (secondary N) is 1. The highest BCUT2D eigenvalue weighted by atomic mass is 35.5. The third-order valence-electron chi connectivity index (χ3n) is 2.70. The summed E-state index contributed by atoms with van der Waals surface area (Å²) in [6.45, 7) is 2.17. The highest BCUT2D eigenvalue weighted by Gasteiger charge is 2.15. The largest absolute Gasteiger partial charge is 0.465 e. The quantitative estimate of drug-likeness (QED) is 0.868. The van der Waals surface area contributed by atoms with Gasteiger partial charge in [-0.3, -0.25) is 0 Å². The number of aryl methyl sites for hydroxylation is 1. The van der Waals surface area contributed by atoms with Gasteiger partial charge >= 0.3 is 5.97 Å². The van der Waals surface area contributed by atoms with Gasteiger partial charge in [0.15, 0.2) is 0 Å². The molecule has 19 heavy (non-hydrogen) atoms. The molecular formula is C14H14ClNO3.